The lowest BCUT2D eigenvalue weighted by Crippen LogP contribution is -2.48. The van der Waals surface area contributed by atoms with Gasteiger partial charge in [0.25, 0.3) is 0 Å². The fraction of sp³-hybridized carbons (Fsp3) is 0.581. The van der Waals surface area contributed by atoms with Crippen LogP contribution >= 0.6 is 0 Å². The molecule has 1 saturated heterocycles. The van der Waals surface area contributed by atoms with Crippen molar-refractivity contribution < 1.29 is 4.74 Å². The number of aromatic nitrogens is 5. The van der Waals surface area contributed by atoms with Gasteiger partial charge in [0.1, 0.15) is 6.33 Å². The van der Waals surface area contributed by atoms with Gasteiger partial charge in [0, 0.05) is 35.9 Å². The number of piperidine rings is 1. The van der Waals surface area contributed by atoms with Crippen molar-refractivity contribution in [3.63, 3.8) is 0 Å². The summed E-state index contributed by atoms with van der Waals surface area (Å²) in [7, 11) is 1.65. The Balaban J connectivity index is 1.24. The molecule has 40 heavy (non-hydrogen) atoms. The molecule has 0 atom stereocenters. The lowest BCUT2D eigenvalue weighted by atomic mass is 9.89. The Bertz CT molecular complexity index is 1530. The largest absolute Gasteiger partial charge is 0.493 e. The molecule has 0 amide bonds. The van der Waals surface area contributed by atoms with Gasteiger partial charge in [0.15, 0.2) is 11.4 Å². The van der Waals surface area contributed by atoms with Crippen molar-refractivity contribution in [1.29, 1.82) is 0 Å². The number of aromatic amines is 1. The van der Waals surface area contributed by atoms with E-state index in [0.29, 0.717) is 29.5 Å². The number of likely N-dealkylation sites (tertiary alicyclic amines) is 1. The molecule has 0 spiro atoms. The first-order valence-corrected chi connectivity index (χ1v) is 15.0. The van der Waals surface area contributed by atoms with Crippen molar-refractivity contribution in [3.8, 4) is 16.9 Å². The summed E-state index contributed by atoms with van der Waals surface area (Å²) in [4.78, 5) is 23.4. The number of rotatable bonds is 7. The fourth-order valence-electron chi connectivity index (χ4n) is 6.89. The van der Waals surface area contributed by atoms with Crippen molar-refractivity contribution in [2.45, 2.75) is 96.3 Å². The van der Waals surface area contributed by atoms with E-state index >= 15 is 0 Å². The van der Waals surface area contributed by atoms with Gasteiger partial charge in [-0.15, -0.1) is 0 Å². The molecular formula is C31H43N7O2. The zero-order valence-corrected chi connectivity index (χ0v) is 24.5. The van der Waals surface area contributed by atoms with Gasteiger partial charge in [0.05, 0.1) is 18.1 Å². The highest BCUT2D eigenvalue weighted by atomic mass is 16.5. The van der Waals surface area contributed by atoms with E-state index in [1.165, 1.54) is 37.8 Å². The summed E-state index contributed by atoms with van der Waals surface area (Å²) < 4.78 is 9.39. The van der Waals surface area contributed by atoms with Gasteiger partial charge in [0.2, 0.25) is 0 Å². The SMILES string of the molecule is COc1cc(-c2cc3[nH]c(=O)n(C4CCC(NC5CCN(C(C)C)CC5)CC4)c3cc2C(C)C)cn2ncnc12. The maximum atomic E-state index is 13.3. The van der Waals surface area contributed by atoms with Crippen LogP contribution in [0, 0.1) is 0 Å². The van der Waals surface area contributed by atoms with Gasteiger partial charge in [-0.1, -0.05) is 13.8 Å². The number of hydrogen-bond donors (Lipinski definition) is 2. The molecule has 214 valence electrons. The van der Waals surface area contributed by atoms with Crippen LogP contribution < -0.4 is 15.7 Å². The smallest absolute Gasteiger partial charge is 0.326 e. The Labute approximate surface area is 235 Å². The van der Waals surface area contributed by atoms with E-state index < -0.39 is 0 Å². The summed E-state index contributed by atoms with van der Waals surface area (Å²) in [5.74, 6) is 0.948. The molecule has 2 N–H and O–H groups in total. The van der Waals surface area contributed by atoms with E-state index in [1.807, 2.05) is 16.8 Å². The standard InChI is InChI=1S/C31H43N7O2/c1-19(2)25-16-28-27(15-26(25)21-14-29(40-5)30-32-18-33-37(30)17-21)35-31(39)38(28)24-8-6-22(7-9-24)34-23-10-12-36(13-11-23)20(3)4/h14-20,22-24,34H,6-13H2,1-5H3,(H,35,39). The highest BCUT2D eigenvalue weighted by Gasteiger charge is 2.29. The third-order valence-electron chi connectivity index (χ3n) is 9.18. The summed E-state index contributed by atoms with van der Waals surface area (Å²) in [6, 6.07) is 8.38. The van der Waals surface area contributed by atoms with Gasteiger partial charge < -0.3 is 19.9 Å². The highest BCUT2D eigenvalue weighted by molar-refractivity contribution is 5.85. The topological polar surface area (TPSA) is 92.5 Å². The highest BCUT2D eigenvalue weighted by Crippen LogP contribution is 2.37. The van der Waals surface area contributed by atoms with Crippen molar-refractivity contribution in [2.24, 2.45) is 0 Å². The molecule has 4 aromatic rings. The number of hydrogen-bond acceptors (Lipinski definition) is 6. The minimum absolute atomic E-state index is 0.0105. The number of pyridine rings is 1. The molecule has 1 aliphatic heterocycles. The average molecular weight is 546 g/mol. The normalized spacial score (nSPS) is 21.3. The van der Waals surface area contributed by atoms with E-state index in [1.54, 1.807) is 11.6 Å². The molecule has 0 unspecified atom stereocenters. The predicted molar refractivity (Wildman–Crippen MR) is 159 cm³/mol. The Morgan fingerprint density at radius 1 is 1.00 bits per heavy atom. The first-order valence-electron chi connectivity index (χ1n) is 15.0. The molecule has 6 rings (SSSR count). The van der Waals surface area contributed by atoms with Crippen molar-refractivity contribution >= 4 is 16.7 Å². The van der Waals surface area contributed by atoms with Crippen LogP contribution in [0.25, 0.3) is 27.8 Å². The fourth-order valence-corrected chi connectivity index (χ4v) is 6.89. The Morgan fingerprint density at radius 3 is 2.40 bits per heavy atom. The van der Waals surface area contributed by atoms with Crippen LogP contribution in [0.4, 0.5) is 0 Å². The molecule has 1 aliphatic carbocycles. The third-order valence-corrected chi connectivity index (χ3v) is 9.18. The molecule has 0 radical (unpaired) electrons. The molecule has 1 aromatic carbocycles. The number of methoxy groups -OCH3 is 1. The molecule has 9 nitrogen and oxygen atoms in total. The van der Waals surface area contributed by atoms with Gasteiger partial charge in [-0.05, 0) is 101 Å². The zero-order chi connectivity index (χ0) is 28.0. The first kappa shape index (κ1) is 27.0. The van der Waals surface area contributed by atoms with Crippen LogP contribution in [-0.2, 0) is 0 Å². The Hall–Kier alpha value is -3.17. The molecule has 3 aromatic heterocycles. The summed E-state index contributed by atoms with van der Waals surface area (Å²) >= 11 is 0. The van der Waals surface area contributed by atoms with Crippen LogP contribution in [0.1, 0.15) is 83.7 Å². The number of H-pyrrole nitrogens is 1. The quantitative estimate of drug-likeness (QED) is 0.335. The first-order chi connectivity index (χ1) is 19.3. The summed E-state index contributed by atoms with van der Waals surface area (Å²) in [5.41, 5.74) is 5.81. The second-order valence-electron chi connectivity index (χ2n) is 12.3. The molecule has 2 aliphatic rings. The van der Waals surface area contributed by atoms with Crippen LogP contribution in [-0.4, -0.2) is 67.4 Å². The van der Waals surface area contributed by atoms with E-state index in [9.17, 15) is 4.79 Å². The second kappa shape index (κ2) is 11.0. The Kier molecular flexibility index (Phi) is 7.44. The van der Waals surface area contributed by atoms with E-state index in [2.05, 4.69) is 65.1 Å². The summed E-state index contributed by atoms with van der Waals surface area (Å²) in [5, 5.41) is 8.30. The monoisotopic (exact) mass is 545 g/mol. The van der Waals surface area contributed by atoms with Crippen molar-refractivity contribution in [1.82, 2.24) is 34.4 Å². The molecule has 4 heterocycles. The predicted octanol–water partition coefficient (Wildman–Crippen LogP) is 5.12. The van der Waals surface area contributed by atoms with Gasteiger partial charge in [-0.25, -0.2) is 14.3 Å². The van der Waals surface area contributed by atoms with Crippen LogP contribution in [0.15, 0.2) is 35.5 Å². The van der Waals surface area contributed by atoms with E-state index in [4.69, 9.17) is 4.74 Å². The van der Waals surface area contributed by atoms with E-state index in [-0.39, 0.29) is 17.6 Å². The molecule has 0 bridgehead atoms. The number of imidazole rings is 1. The number of ether oxygens (including phenoxy) is 1. The molecule has 9 heteroatoms. The zero-order valence-electron chi connectivity index (χ0n) is 24.5. The minimum atomic E-state index is -0.0105. The molecule has 2 fully saturated rings. The molecular weight excluding hydrogens is 502 g/mol. The maximum Gasteiger partial charge on any atom is 0.326 e. The van der Waals surface area contributed by atoms with Crippen molar-refractivity contribution in [3.05, 3.63) is 46.8 Å². The lowest BCUT2D eigenvalue weighted by Gasteiger charge is -2.38. The summed E-state index contributed by atoms with van der Waals surface area (Å²) in [6.07, 6.45) is 10.2. The average Bonchev–Trinajstić information content (AvgIpc) is 3.55. The van der Waals surface area contributed by atoms with Gasteiger partial charge in [-0.2, -0.15) is 5.10 Å². The van der Waals surface area contributed by atoms with Gasteiger partial charge >= 0.3 is 5.69 Å². The Morgan fingerprint density at radius 2 is 1.73 bits per heavy atom. The lowest BCUT2D eigenvalue weighted by molar-refractivity contribution is 0.149. The maximum absolute atomic E-state index is 13.3. The molecule has 1 saturated carbocycles. The van der Waals surface area contributed by atoms with Gasteiger partial charge in [-0.3, -0.25) is 4.57 Å². The minimum Gasteiger partial charge on any atom is -0.493 e. The number of benzene rings is 1. The second-order valence-corrected chi connectivity index (χ2v) is 12.3. The van der Waals surface area contributed by atoms with E-state index in [0.717, 1.165) is 47.8 Å². The number of nitrogens with zero attached hydrogens (tertiary/aromatic N) is 5. The number of fused-ring (bicyclic) bond motifs is 2. The van der Waals surface area contributed by atoms with Crippen LogP contribution in [0.5, 0.6) is 5.75 Å². The third kappa shape index (κ3) is 5.05. The number of nitrogens with one attached hydrogen (secondary N) is 2. The summed E-state index contributed by atoms with van der Waals surface area (Å²) in [6.45, 7) is 11.4. The van der Waals surface area contributed by atoms with Crippen LogP contribution in [0.3, 0.4) is 0 Å². The van der Waals surface area contributed by atoms with Crippen molar-refractivity contribution in [2.75, 3.05) is 20.2 Å². The van der Waals surface area contributed by atoms with Crippen LogP contribution in [0.2, 0.25) is 0 Å².